The van der Waals surface area contributed by atoms with E-state index >= 15 is 0 Å². The van der Waals surface area contributed by atoms with Crippen LogP contribution in [0.1, 0.15) is 44.9 Å². The maximum atomic E-state index is 12.5. The van der Waals surface area contributed by atoms with Crippen molar-refractivity contribution in [3.8, 4) is 0 Å². The number of rotatable bonds is 2. The number of carboxylic acid groups (broad SMARTS) is 1. The number of likely N-dealkylation sites (tertiary alicyclic amines) is 1. The van der Waals surface area contributed by atoms with Crippen molar-refractivity contribution in [1.82, 2.24) is 4.90 Å². The number of fused-ring (bicyclic) bond motifs is 1. The van der Waals surface area contributed by atoms with E-state index in [0.29, 0.717) is 6.42 Å². The molecule has 3 fully saturated rings. The van der Waals surface area contributed by atoms with Crippen LogP contribution in [0.15, 0.2) is 0 Å². The molecule has 0 spiro atoms. The van der Waals surface area contributed by atoms with Crippen molar-refractivity contribution in [1.29, 1.82) is 0 Å². The lowest BCUT2D eigenvalue weighted by atomic mass is 9.81. The maximum Gasteiger partial charge on any atom is 0.306 e. The van der Waals surface area contributed by atoms with Gasteiger partial charge in [-0.1, -0.05) is 12.8 Å². The molecule has 4 unspecified atom stereocenters. The summed E-state index contributed by atoms with van der Waals surface area (Å²) >= 11 is 0. The smallest absolute Gasteiger partial charge is 0.306 e. The van der Waals surface area contributed by atoms with E-state index in [1.165, 1.54) is 19.3 Å². The molecule has 3 rings (SSSR count). The Morgan fingerprint density at radius 1 is 0.895 bits per heavy atom. The van der Waals surface area contributed by atoms with Crippen LogP contribution < -0.4 is 0 Å². The molecule has 0 aromatic carbocycles. The Bertz CT molecular complexity index is 370. The average molecular weight is 265 g/mol. The first-order valence-corrected chi connectivity index (χ1v) is 7.66. The van der Waals surface area contributed by atoms with Crippen LogP contribution in [0.25, 0.3) is 0 Å². The number of aliphatic carboxylic acids is 1. The van der Waals surface area contributed by atoms with Crippen LogP contribution >= 0.6 is 0 Å². The highest BCUT2D eigenvalue weighted by Gasteiger charge is 2.41. The molecule has 2 aliphatic carbocycles. The number of nitrogens with zero attached hydrogens (tertiary/aromatic N) is 1. The summed E-state index contributed by atoms with van der Waals surface area (Å²) in [4.78, 5) is 25.6. The van der Waals surface area contributed by atoms with Gasteiger partial charge in [-0.3, -0.25) is 9.59 Å². The van der Waals surface area contributed by atoms with Crippen molar-refractivity contribution in [2.45, 2.75) is 44.9 Å². The molecule has 0 bridgehead atoms. The van der Waals surface area contributed by atoms with Gasteiger partial charge in [0.15, 0.2) is 0 Å². The molecule has 2 saturated carbocycles. The molecule has 1 saturated heterocycles. The van der Waals surface area contributed by atoms with Crippen LogP contribution in [0.2, 0.25) is 0 Å². The molecule has 4 nitrogen and oxygen atoms in total. The minimum atomic E-state index is -0.726. The quantitative estimate of drug-likeness (QED) is 0.832. The highest BCUT2D eigenvalue weighted by molar-refractivity contribution is 5.80. The number of hydrogen-bond donors (Lipinski definition) is 1. The summed E-state index contributed by atoms with van der Waals surface area (Å²) in [5.41, 5.74) is 0. The minimum absolute atomic E-state index is 0.0336. The van der Waals surface area contributed by atoms with Crippen LogP contribution in [0.3, 0.4) is 0 Å². The van der Waals surface area contributed by atoms with E-state index in [-0.39, 0.29) is 17.7 Å². The average Bonchev–Trinajstić information content (AvgIpc) is 2.98. The maximum absolute atomic E-state index is 12.5. The standard InChI is InChI=1S/C15H23NO3/c17-14(10-3-1-4-11(7-10)15(18)19)16-8-12-5-2-6-13(12)9-16/h10-13H,1-9H2,(H,18,19). The fourth-order valence-corrected chi connectivity index (χ4v) is 4.31. The Morgan fingerprint density at radius 2 is 1.47 bits per heavy atom. The first kappa shape index (κ1) is 12.9. The van der Waals surface area contributed by atoms with Crippen molar-refractivity contribution in [3.63, 3.8) is 0 Å². The first-order chi connectivity index (χ1) is 9.15. The second-order valence-corrected chi connectivity index (χ2v) is 6.59. The first-order valence-electron chi connectivity index (χ1n) is 7.66. The molecule has 106 valence electrons. The molecule has 1 heterocycles. The molecule has 3 aliphatic rings. The lowest BCUT2D eigenvalue weighted by Gasteiger charge is -2.29. The molecule has 4 atom stereocenters. The third kappa shape index (κ3) is 2.49. The highest BCUT2D eigenvalue weighted by atomic mass is 16.4. The molecular formula is C15H23NO3. The SMILES string of the molecule is O=C(O)C1CCCC(C(=O)N2CC3CCCC3C2)C1. The summed E-state index contributed by atoms with van der Waals surface area (Å²) in [5, 5.41) is 9.11. The zero-order valence-electron chi connectivity index (χ0n) is 11.4. The molecule has 4 heteroatoms. The molecule has 19 heavy (non-hydrogen) atoms. The predicted octanol–water partition coefficient (Wildman–Crippen LogP) is 2.14. The largest absolute Gasteiger partial charge is 0.481 e. The zero-order chi connectivity index (χ0) is 13.4. The number of carboxylic acids is 1. The van der Waals surface area contributed by atoms with Crippen LogP contribution in [0, 0.1) is 23.7 Å². The second-order valence-electron chi connectivity index (χ2n) is 6.59. The Kier molecular flexibility index (Phi) is 3.50. The van der Waals surface area contributed by atoms with Crippen molar-refractivity contribution < 1.29 is 14.7 Å². The van der Waals surface area contributed by atoms with Gasteiger partial charge in [0.25, 0.3) is 0 Å². The van der Waals surface area contributed by atoms with Crippen LogP contribution in [-0.2, 0) is 9.59 Å². The molecule has 1 amide bonds. The van der Waals surface area contributed by atoms with Gasteiger partial charge in [0.2, 0.25) is 5.91 Å². The third-order valence-corrected chi connectivity index (χ3v) is 5.41. The van der Waals surface area contributed by atoms with Gasteiger partial charge < -0.3 is 10.0 Å². The van der Waals surface area contributed by atoms with E-state index in [1.54, 1.807) is 0 Å². The molecule has 1 N–H and O–H groups in total. The van der Waals surface area contributed by atoms with E-state index in [0.717, 1.165) is 44.2 Å². The fraction of sp³-hybridized carbons (Fsp3) is 0.867. The number of carbonyl (C=O) groups excluding carboxylic acids is 1. The lowest BCUT2D eigenvalue weighted by Crippen LogP contribution is -2.38. The Labute approximate surface area is 114 Å². The van der Waals surface area contributed by atoms with Crippen molar-refractivity contribution in [2.24, 2.45) is 23.7 Å². The summed E-state index contributed by atoms with van der Waals surface area (Å²) in [7, 11) is 0. The van der Waals surface area contributed by atoms with Gasteiger partial charge in [0.05, 0.1) is 5.92 Å². The van der Waals surface area contributed by atoms with Gasteiger partial charge in [0, 0.05) is 19.0 Å². The van der Waals surface area contributed by atoms with E-state index < -0.39 is 5.97 Å². The van der Waals surface area contributed by atoms with E-state index in [1.807, 2.05) is 4.90 Å². The van der Waals surface area contributed by atoms with Crippen molar-refractivity contribution >= 4 is 11.9 Å². The molecule has 1 aliphatic heterocycles. The Morgan fingerprint density at radius 3 is 2.11 bits per heavy atom. The van der Waals surface area contributed by atoms with Gasteiger partial charge in [-0.15, -0.1) is 0 Å². The molecule has 0 aromatic heterocycles. The van der Waals surface area contributed by atoms with E-state index in [4.69, 9.17) is 5.11 Å². The Balaban J connectivity index is 1.59. The van der Waals surface area contributed by atoms with Crippen LogP contribution in [-0.4, -0.2) is 35.0 Å². The zero-order valence-corrected chi connectivity index (χ0v) is 11.4. The van der Waals surface area contributed by atoms with E-state index in [2.05, 4.69) is 0 Å². The predicted molar refractivity (Wildman–Crippen MR) is 70.5 cm³/mol. The summed E-state index contributed by atoms with van der Waals surface area (Å²) < 4.78 is 0. The fourth-order valence-electron chi connectivity index (χ4n) is 4.31. The van der Waals surface area contributed by atoms with Gasteiger partial charge in [-0.05, 0) is 43.9 Å². The normalized spacial score (nSPS) is 38.2. The van der Waals surface area contributed by atoms with Crippen LogP contribution in [0.5, 0.6) is 0 Å². The van der Waals surface area contributed by atoms with E-state index in [9.17, 15) is 9.59 Å². The summed E-state index contributed by atoms with van der Waals surface area (Å²) in [6.07, 6.45) is 6.93. The highest BCUT2D eigenvalue weighted by Crippen LogP contribution is 2.39. The van der Waals surface area contributed by atoms with Crippen LogP contribution in [0.4, 0.5) is 0 Å². The summed E-state index contributed by atoms with van der Waals surface area (Å²) in [6.45, 7) is 1.86. The summed E-state index contributed by atoms with van der Waals surface area (Å²) in [5.74, 6) is 0.625. The topological polar surface area (TPSA) is 57.6 Å². The van der Waals surface area contributed by atoms with Gasteiger partial charge in [-0.25, -0.2) is 0 Å². The number of carbonyl (C=O) groups is 2. The number of amides is 1. The molecular weight excluding hydrogens is 242 g/mol. The van der Waals surface area contributed by atoms with Gasteiger partial charge in [-0.2, -0.15) is 0 Å². The number of hydrogen-bond acceptors (Lipinski definition) is 2. The van der Waals surface area contributed by atoms with Crippen molar-refractivity contribution in [2.75, 3.05) is 13.1 Å². The van der Waals surface area contributed by atoms with Crippen molar-refractivity contribution in [3.05, 3.63) is 0 Å². The van der Waals surface area contributed by atoms with Gasteiger partial charge >= 0.3 is 5.97 Å². The molecule has 0 aromatic rings. The minimum Gasteiger partial charge on any atom is -0.481 e. The Hall–Kier alpha value is -1.06. The second kappa shape index (κ2) is 5.14. The van der Waals surface area contributed by atoms with Gasteiger partial charge in [0.1, 0.15) is 0 Å². The lowest BCUT2D eigenvalue weighted by molar-refractivity contribution is -0.145. The molecule has 0 radical (unpaired) electrons. The monoisotopic (exact) mass is 265 g/mol. The third-order valence-electron chi connectivity index (χ3n) is 5.41. The summed E-state index contributed by atoms with van der Waals surface area (Å²) in [6, 6.07) is 0.